The summed E-state index contributed by atoms with van der Waals surface area (Å²) in [6.45, 7) is 7.93. The molecular formula is C14H21ClO4S. The second-order valence-electron chi connectivity index (χ2n) is 5.11. The summed E-state index contributed by atoms with van der Waals surface area (Å²) in [6.07, 6.45) is -0.0339. The van der Waals surface area contributed by atoms with E-state index < -0.39 is 9.05 Å². The minimum absolute atomic E-state index is 0.0290. The van der Waals surface area contributed by atoms with Crippen molar-refractivity contribution in [3.05, 3.63) is 23.3 Å². The SMILES string of the molecule is COC(C)COc1cc(C(C)C)c(S(=O)(=O)Cl)cc1C. The Morgan fingerprint density at radius 1 is 1.25 bits per heavy atom. The maximum atomic E-state index is 11.6. The van der Waals surface area contributed by atoms with Gasteiger partial charge in [0, 0.05) is 17.8 Å². The Balaban J connectivity index is 3.21. The van der Waals surface area contributed by atoms with Crippen LogP contribution in [0.4, 0.5) is 0 Å². The zero-order valence-electron chi connectivity index (χ0n) is 12.4. The van der Waals surface area contributed by atoms with Crippen molar-refractivity contribution in [3.8, 4) is 5.75 Å². The van der Waals surface area contributed by atoms with Gasteiger partial charge in [0.15, 0.2) is 0 Å². The van der Waals surface area contributed by atoms with Gasteiger partial charge in [0.1, 0.15) is 12.4 Å². The average molecular weight is 321 g/mol. The molecule has 0 bridgehead atoms. The van der Waals surface area contributed by atoms with Gasteiger partial charge in [-0.15, -0.1) is 0 Å². The van der Waals surface area contributed by atoms with Gasteiger partial charge in [-0.1, -0.05) is 13.8 Å². The zero-order valence-corrected chi connectivity index (χ0v) is 14.0. The van der Waals surface area contributed by atoms with Crippen molar-refractivity contribution in [1.82, 2.24) is 0 Å². The van der Waals surface area contributed by atoms with Crippen LogP contribution >= 0.6 is 10.7 Å². The third-order valence-electron chi connectivity index (χ3n) is 3.07. The lowest BCUT2D eigenvalue weighted by molar-refractivity contribution is 0.0713. The molecule has 1 aromatic carbocycles. The van der Waals surface area contributed by atoms with E-state index >= 15 is 0 Å². The molecule has 0 aliphatic heterocycles. The van der Waals surface area contributed by atoms with E-state index in [9.17, 15) is 8.42 Å². The van der Waals surface area contributed by atoms with Gasteiger partial charge in [-0.25, -0.2) is 8.42 Å². The van der Waals surface area contributed by atoms with Gasteiger partial charge in [0.25, 0.3) is 9.05 Å². The number of ether oxygens (including phenoxy) is 2. The van der Waals surface area contributed by atoms with Gasteiger partial charge < -0.3 is 9.47 Å². The van der Waals surface area contributed by atoms with Gasteiger partial charge in [-0.05, 0) is 43.0 Å². The number of aryl methyl sites for hydroxylation is 1. The lowest BCUT2D eigenvalue weighted by atomic mass is 10.0. The maximum absolute atomic E-state index is 11.6. The van der Waals surface area contributed by atoms with Crippen molar-refractivity contribution in [2.75, 3.05) is 13.7 Å². The molecule has 0 aliphatic carbocycles. The molecule has 20 heavy (non-hydrogen) atoms. The Hall–Kier alpha value is -0.780. The van der Waals surface area contributed by atoms with Crippen LogP contribution in [0.5, 0.6) is 5.75 Å². The topological polar surface area (TPSA) is 52.6 Å². The van der Waals surface area contributed by atoms with Crippen LogP contribution in [0.15, 0.2) is 17.0 Å². The van der Waals surface area contributed by atoms with Crippen molar-refractivity contribution >= 4 is 19.7 Å². The van der Waals surface area contributed by atoms with E-state index in [0.717, 1.165) is 5.56 Å². The fourth-order valence-electron chi connectivity index (χ4n) is 1.77. The lowest BCUT2D eigenvalue weighted by Crippen LogP contribution is -2.16. The third-order valence-corrected chi connectivity index (χ3v) is 4.45. The first-order chi connectivity index (χ1) is 9.16. The van der Waals surface area contributed by atoms with E-state index in [4.69, 9.17) is 20.2 Å². The van der Waals surface area contributed by atoms with Crippen molar-refractivity contribution < 1.29 is 17.9 Å². The number of hydrogen-bond donors (Lipinski definition) is 0. The van der Waals surface area contributed by atoms with Gasteiger partial charge in [0.05, 0.1) is 11.0 Å². The van der Waals surface area contributed by atoms with Crippen LogP contribution in [0.3, 0.4) is 0 Å². The van der Waals surface area contributed by atoms with Crippen LogP contribution in [0.2, 0.25) is 0 Å². The molecule has 1 rings (SSSR count). The lowest BCUT2D eigenvalue weighted by Gasteiger charge is -2.17. The quantitative estimate of drug-likeness (QED) is 0.753. The van der Waals surface area contributed by atoms with E-state index in [0.29, 0.717) is 17.9 Å². The molecule has 1 unspecified atom stereocenters. The molecule has 0 radical (unpaired) electrons. The Bertz CT molecular complexity index is 567. The van der Waals surface area contributed by atoms with E-state index in [1.807, 2.05) is 20.8 Å². The first kappa shape index (κ1) is 17.3. The summed E-state index contributed by atoms with van der Waals surface area (Å²) in [7, 11) is 3.35. The van der Waals surface area contributed by atoms with E-state index in [2.05, 4.69) is 0 Å². The van der Waals surface area contributed by atoms with Crippen molar-refractivity contribution in [3.63, 3.8) is 0 Å². The fourth-order valence-corrected chi connectivity index (χ4v) is 3.06. The highest BCUT2D eigenvalue weighted by molar-refractivity contribution is 8.13. The molecular weight excluding hydrogens is 300 g/mol. The molecule has 0 N–H and O–H groups in total. The summed E-state index contributed by atoms with van der Waals surface area (Å²) in [4.78, 5) is 0.152. The van der Waals surface area contributed by atoms with Crippen molar-refractivity contribution in [2.24, 2.45) is 0 Å². The highest BCUT2D eigenvalue weighted by Crippen LogP contribution is 2.32. The molecule has 0 aromatic heterocycles. The van der Waals surface area contributed by atoms with Gasteiger partial charge in [0.2, 0.25) is 0 Å². The van der Waals surface area contributed by atoms with Crippen LogP contribution in [0.1, 0.15) is 37.8 Å². The highest BCUT2D eigenvalue weighted by atomic mass is 35.7. The van der Waals surface area contributed by atoms with E-state index in [-0.39, 0.29) is 16.9 Å². The van der Waals surface area contributed by atoms with Gasteiger partial charge >= 0.3 is 0 Å². The Labute approximate surface area is 125 Å². The fraction of sp³-hybridized carbons (Fsp3) is 0.571. The standard InChI is InChI=1S/C14H21ClO4S/c1-9(2)12-7-13(19-8-11(4)18-5)10(3)6-14(12)20(15,16)17/h6-7,9,11H,8H2,1-5H3. The molecule has 1 aromatic rings. The monoisotopic (exact) mass is 320 g/mol. The van der Waals surface area contributed by atoms with E-state index in [1.165, 1.54) is 0 Å². The summed E-state index contributed by atoms with van der Waals surface area (Å²) in [5, 5.41) is 0. The molecule has 0 heterocycles. The van der Waals surface area contributed by atoms with Crippen LogP contribution in [-0.4, -0.2) is 28.2 Å². The second-order valence-corrected chi connectivity index (χ2v) is 7.64. The molecule has 114 valence electrons. The summed E-state index contributed by atoms with van der Waals surface area (Å²) in [6, 6.07) is 3.31. The predicted octanol–water partition coefficient (Wildman–Crippen LogP) is 3.46. The normalized spacial score (nSPS) is 13.6. The minimum atomic E-state index is -3.76. The first-order valence-electron chi connectivity index (χ1n) is 6.41. The third kappa shape index (κ3) is 4.36. The molecule has 0 amide bonds. The Morgan fingerprint density at radius 3 is 2.30 bits per heavy atom. The Kier molecular flexibility index (Phi) is 5.86. The second kappa shape index (κ2) is 6.78. The number of benzene rings is 1. The molecule has 4 nitrogen and oxygen atoms in total. The summed E-state index contributed by atoms with van der Waals surface area (Å²) in [5.74, 6) is 0.683. The summed E-state index contributed by atoms with van der Waals surface area (Å²) < 4.78 is 34.1. The van der Waals surface area contributed by atoms with Crippen LogP contribution in [0, 0.1) is 6.92 Å². The van der Waals surface area contributed by atoms with Crippen LogP contribution in [0.25, 0.3) is 0 Å². The molecule has 0 spiro atoms. The smallest absolute Gasteiger partial charge is 0.261 e. The highest BCUT2D eigenvalue weighted by Gasteiger charge is 2.20. The average Bonchev–Trinajstić information content (AvgIpc) is 2.35. The number of rotatable bonds is 6. The van der Waals surface area contributed by atoms with Gasteiger partial charge in [-0.2, -0.15) is 0 Å². The molecule has 1 atom stereocenters. The summed E-state index contributed by atoms with van der Waals surface area (Å²) in [5.41, 5.74) is 1.39. The Morgan fingerprint density at radius 2 is 1.85 bits per heavy atom. The summed E-state index contributed by atoms with van der Waals surface area (Å²) >= 11 is 0. The molecule has 0 aliphatic rings. The van der Waals surface area contributed by atoms with Crippen molar-refractivity contribution in [1.29, 1.82) is 0 Å². The van der Waals surface area contributed by atoms with Crippen LogP contribution in [-0.2, 0) is 13.8 Å². The number of methoxy groups -OCH3 is 1. The zero-order chi connectivity index (χ0) is 15.5. The number of hydrogen-bond acceptors (Lipinski definition) is 4. The maximum Gasteiger partial charge on any atom is 0.261 e. The molecule has 0 saturated heterocycles. The molecule has 6 heteroatoms. The van der Waals surface area contributed by atoms with Crippen LogP contribution < -0.4 is 4.74 Å². The molecule has 0 saturated carbocycles. The van der Waals surface area contributed by atoms with Crippen molar-refractivity contribution in [2.45, 2.75) is 44.6 Å². The van der Waals surface area contributed by atoms with Gasteiger partial charge in [-0.3, -0.25) is 0 Å². The molecule has 0 fully saturated rings. The minimum Gasteiger partial charge on any atom is -0.491 e. The number of halogens is 1. The largest absolute Gasteiger partial charge is 0.491 e. The van der Waals surface area contributed by atoms with E-state index in [1.54, 1.807) is 26.2 Å². The first-order valence-corrected chi connectivity index (χ1v) is 8.72. The predicted molar refractivity (Wildman–Crippen MR) is 80.3 cm³/mol.